The summed E-state index contributed by atoms with van der Waals surface area (Å²) in [5.41, 5.74) is 3.47. The molecule has 0 spiro atoms. The van der Waals surface area contributed by atoms with Crippen LogP contribution in [-0.2, 0) is 6.42 Å². The van der Waals surface area contributed by atoms with Crippen LogP contribution in [0.4, 0.5) is 0 Å². The van der Waals surface area contributed by atoms with Crippen LogP contribution < -0.4 is 20.1 Å². The molecule has 0 aliphatic rings. The largest absolute Gasteiger partial charge is 0.496 e. The van der Waals surface area contributed by atoms with Gasteiger partial charge >= 0.3 is 0 Å². The summed E-state index contributed by atoms with van der Waals surface area (Å²) in [4.78, 5) is 0. The summed E-state index contributed by atoms with van der Waals surface area (Å²) < 4.78 is 10.9. The number of ether oxygens (including phenoxy) is 2. The van der Waals surface area contributed by atoms with Gasteiger partial charge in [0.25, 0.3) is 0 Å². The van der Waals surface area contributed by atoms with Crippen LogP contribution in [-0.4, -0.2) is 34.5 Å². The highest BCUT2D eigenvalue weighted by molar-refractivity contribution is 5.52. The van der Waals surface area contributed by atoms with Crippen molar-refractivity contribution in [2.75, 3.05) is 34.5 Å². The van der Waals surface area contributed by atoms with E-state index in [0.29, 0.717) is 0 Å². The van der Waals surface area contributed by atoms with Crippen LogP contribution in [0.15, 0.2) is 6.07 Å². The molecule has 0 heterocycles. The molecular weight excluding hydrogens is 228 g/mol. The zero-order valence-electron chi connectivity index (χ0n) is 12.0. The molecule has 4 heteroatoms. The number of methoxy groups -OCH3 is 2. The highest BCUT2D eigenvalue weighted by Gasteiger charge is 2.13. The van der Waals surface area contributed by atoms with E-state index >= 15 is 0 Å². The van der Waals surface area contributed by atoms with Gasteiger partial charge in [0, 0.05) is 13.2 Å². The summed E-state index contributed by atoms with van der Waals surface area (Å²) in [7, 11) is 5.35. The third-order valence-corrected chi connectivity index (χ3v) is 3.17. The molecule has 4 nitrogen and oxygen atoms in total. The van der Waals surface area contributed by atoms with Gasteiger partial charge in [-0.1, -0.05) is 0 Å². The Morgan fingerprint density at radius 2 is 1.83 bits per heavy atom. The Labute approximate surface area is 110 Å². The molecule has 0 fully saturated rings. The second-order valence-electron chi connectivity index (χ2n) is 4.30. The summed E-state index contributed by atoms with van der Waals surface area (Å²) in [6.45, 7) is 5.84. The summed E-state index contributed by atoms with van der Waals surface area (Å²) >= 11 is 0. The molecule has 1 rings (SSSR count). The smallest absolute Gasteiger partial charge is 0.125 e. The second kappa shape index (κ2) is 7.24. The molecule has 1 aromatic rings. The third kappa shape index (κ3) is 3.37. The number of nitrogens with one attached hydrogen (secondary N) is 2. The van der Waals surface area contributed by atoms with Crippen LogP contribution in [0.1, 0.15) is 16.7 Å². The van der Waals surface area contributed by atoms with E-state index in [1.807, 2.05) is 7.05 Å². The summed E-state index contributed by atoms with van der Waals surface area (Å²) in [5, 5.41) is 6.36. The molecule has 0 bridgehead atoms. The Hall–Kier alpha value is -1.26. The maximum atomic E-state index is 5.51. The van der Waals surface area contributed by atoms with Crippen molar-refractivity contribution < 1.29 is 9.47 Å². The topological polar surface area (TPSA) is 42.5 Å². The van der Waals surface area contributed by atoms with E-state index in [2.05, 4.69) is 30.5 Å². The van der Waals surface area contributed by atoms with E-state index in [-0.39, 0.29) is 0 Å². The van der Waals surface area contributed by atoms with Crippen molar-refractivity contribution >= 4 is 0 Å². The maximum absolute atomic E-state index is 5.51. The van der Waals surface area contributed by atoms with Crippen LogP contribution in [0.5, 0.6) is 11.5 Å². The molecule has 0 aliphatic carbocycles. The van der Waals surface area contributed by atoms with Gasteiger partial charge in [0.15, 0.2) is 0 Å². The first-order valence-electron chi connectivity index (χ1n) is 6.22. The standard InChI is InChI=1S/C14H24N2O2/c1-10-11(2)14(18-5)12(8-13(10)17-4)6-7-16-9-15-3/h8,15-16H,6-7,9H2,1-5H3. The van der Waals surface area contributed by atoms with Gasteiger partial charge < -0.3 is 20.1 Å². The van der Waals surface area contributed by atoms with Crippen molar-refractivity contribution in [3.63, 3.8) is 0 Å². The van der Waals surface area contributed by atoms with Crippen LogP contribution >= 0.6 is 0 Å². The maximum Gasteiger partial charge on any atom is 0.125 e. The lowest BCUT2D eigenvalue weighted by atomic mass is 10.0. The van der Waals surface area contributed by atoms with Crippen molar-refractivity contribution in [3.05, 3.63) is 22.8 Å². The van der Waals surface area contributed by atoms with Crippen LogP contribution in [0, 0.1) is 13.8 Å². The normalized spacial score (nSPS) is 10.5. The summed E-state index contributed by atoms with van der Waals surface area (Å²) in [6.07, 6.45) is 0.919. The van der Waals surface area contributed by atoms with Crippen molar-refractivity contribution in [1.29, 1.82) is 0 Å². The molecule has 1 aromatic carbocycles. The van der Waals surface area contributed by atoms with Gasteiger partial charge in [-0.2, -0.15) is 0 Å². The molecule has 0 saturated heterocycles. The third-order valence-electron chi connectivity index (χ3n) is 3.17. The Kier molecular flexibility index (Phi) is 5.95. The van der Waals surface area contributed by atoms with Crippen LogP contribution in [0.2, 0.25) is 0 Å². The molecule has 2 N–H and O–H groups in total. The minimum atomic E-state index is 0.810. The predicted octanol–water partition coefficient (Wildman–Crippen LogP) is 1.63. The number of rotatable bonds is 7. The zero-order valence-corrected chi connectivity index (χ0v) is 12.0. The highest BCUT2D eigenvalue weighted by atomic mass is 16.5. The first-order chi connectivity index (χ1) is 8.65. The number of hydrogen-bond donors (Lipinski definition) is 2. The fourth-order valence-electron chi connectivity index (χ4n) is 2.05. The van der Waals surface area contributed by atoms with E-state index in [9.17, 15) is 0 Å². The van der Waals surface area contributed by atoms with Crippen molar-refractivity contribution in [2.24, 2.45) is 0 Å². The van der Waals surface area contributed by atoms with Crippen molar-refractivity contribution in [2.45, 2.75) is 20.3 Å². The zero-order chi connectivity index (χ0) is 13.5. The van der Waals surface area contributed by atoms with Gasteiger partial charge in [0.2, 0.25) is 0 Å². The van der Waals surface area contributed by atoms with Gasteiger partial charge in [0.05, 0.1) is 14.2 Å². The first kappa shape index (κ1) is 14.8. The van der Waals surface area contributed by atoms with E-state index in [4.69, 9.17) is 9.47 Å². The minimum absolute atomic E-state index is 0.810. The van der Waals surface area contributed by atoms with E-state index in [1.54, 1.807) is 14.2 Å². The van der Waals surface area contributed by atoms with Gasteiger partial charge in [-0.25, -0.2) is 0 Å². The number of hydrogen-bond acceptors (Lipinski definition) is 4. The second-order valence-corrected chi connectivity index (χ2v) is 4.30. The average Bonchev–Trinajstić information content (AvgIpc) is 2.38. The molecule has 102 valence electrons. The van der Waals surface area contributed by atoms with Crippen molar-refractivity contribution in [3.8, 4) is 11.5 Å². The quantitative estimate of drug-likeness (QED) is 0.572. The molecule has 18 heavy (non-hydrogen) atoms. The summed E-state index contributed by atoms with van der Waals surface area (Å²) in [6, 6.07) is 2.07. The molecule has 0 amide bonds. The highest BCUT2D eigenvalue weighted by Crippen LogP contribution is 2.33. The molecular formula is C14H24N2O2. The Morgan fingerprint density at radius 3 is 2.39 bits per heavy atom. The fourth-order valence-corrected chi connectivity index (χ4v) is 2.05. The Morgan fingerprint density at radius 1 is 1.11 bits per heavy atom. The van der Waals surface area contributed by atoms with E-state index < -0.39 is 0 Å². The van der Waals surface area contributed by atoms with Crippen molar-refractivity contribution in [1.82, 2.24) is 10.6 Å². The van der Waals surface area contributed by atoms with E-state index in [0.717, 1.165) is 42.3 Å². The molecule has 0 atom stereocenters. The Bertz CT molecular complexity index is 392. The monoisotopic (exact) mass is 252 g/mol. The Balaban J connectivity index is 2.91. The predicted molar refractivity (Wildman–Crippen MR) is 74.7 cm³/mol. The minimum Gasteiger partial charge on any atom is -0.496 e. The lowest BCUT2D eigenvalue weighted by molar-refractivity contribution is 0.393. The summed E-state index contributed by atoms with van der Waals surface area (Å²) in [5.74, 6) is 1.90. The first-order valence-corrected chi connectivity index (χ1v) is 6.22. The molecule has 0 radical (unpaired) electrons. The molecule has 0 saturated carbocycles. The lowest BCUT2D eigenvalue weighted by Gasteiger charge is -2.17. The lowest BCUT2D eigenvalue weighted by Crippen LogP contribution is -2.27. The van der Waals surface area contributed by atoms with Gasteiger partial charge in [-0.15, -0.1) is 0 Å². The van der Waals surface area contributed by atoms with E-state index in [1.165, 1.54) is 5.56 Å². The fraction of sp³-hybridized carbons (Fsp3) is 0.571. The van der Waals surface area contributed by atoms with Gasteiger partial charge in [-0.3, -0.25) is 0 Å². The number of benzene rings is 1. The molecule has 0 aliphatic heterocycles. The SMILES string of the molecule is CNCNCCc1cc(OC)c(C)c(C)c1OC. The van der Waals surface area contributed by atoms with Gasteiger partial charge in [-0.05, 0) is 50.1 Å². The molecule has 0 unspecified atom stereocenters. The molecule has 0 aromatic heterocycles. The van der Waals surface area contributed by atoms with Crippen LogP contribution in [0.25, 0.3) is 0 Å². The van der Waals surface area contributed by atoms with Gasteiger partial charge in [0.1, 0.15) is 11.5 Å². The van der Waals surface area contributed by atoms with Crippen LogP contribution in [0.3, 0.4) is 0 Å². The average molecular weight is 252 g/mol.